The highest BCUT2D eigenvalue weighted by Crippen LogP contribution is 2.05. The minimum Gasteiger partial charge on any atom is -0.269 e. The molecular formula is C10H12N2. The van der Waals surface area contributed by atoms with Gasteiger partial charge in [0.25, 0.3) is 0 Å². The van der Waals surface area contributed by atoms with Crippen LogP contribution in [-0.4, -0.2) is 11.2 Å². The summed E-state index contributed by atoms with van der Waals surface area (Å²) >= 11 is 0. The monoisotopic (exact) mass is 160 g/mol. The van der Waals surface area contributed by atoms with E-state index in [1.165, 1.54) is 0 Å². The van der Waals surface area contributed by atoms with E-state index in [1.54, 1.807) is 18.6 Å². The van der Waals surface area contributed by atoms with Crippen LogP contribution in [0, 0.1) is 6.92 Å². The summed E-state index contributed by atoms with van der Waals surface area (Å²) in [5.74, 6) is 0. The molecule has 0 aliphatic heterocycles. The summed E-state index contributed by atoms with van der Waals surface area (Å²) in [4.78, 5) is 8.13. The summed E-state index contributed by atoms with van der Waals surface area (Å²) in [7, 11) is 0. The molecule has 0 saturated heterocycles. The quantitative estimate of drug-likeness (QED) is 0.610. The van der Waals surface area contributed by atoms with Crippen molar-refractivity contribution in [1.82, 2.24) is 4.98 Å². The maximum atomic E-state index is 4.15. The molecule has 1 aromatic rings. The normalized spacial score (nSPS) is 11.5. The zero-order valence-corrected chi connectivity index (χ0v) is 7.36. The second kappa shape index (κ2) is 4.44. The van der Waals surface area contributed by atoms with E-state index in [4.69, 9.17) is 0 Å². The van der Waals surface area contributed by atoms with Crippen molar-refractivity contribution in [2.75, 3.05) is 0 Å². The predicted molar refractivity (Wildman–Crippen MR) is 52.2 cm³/mol. The first kappa shape index (κ1) is 8.65. The zero-order valence-electron chi connectivity index (χ0n) is 7.36. The van der Waals surface area contributed by atoms with Gasteiger partial charge in [0, 0.05) is 24.3 Å². The van der Waals surface area contributed by atoms with E-state index in [9.17, 15) is 0 Å². The second-order valence-corrected chi connectivity index (χ2v) is 2.40. The Morgan fingerprint density at radius 2 is 2.33 bits per heavy atom. The van der Waals surface area contributed by atoms with Crippen molar-refractivity contribution in [3.8, 4) is 0 Å². The molecule has 0 amide bonds. The number of rotatable bonds is 2. The van der Waals surface area contributed by atoms with Crippen LogP contribution in [0.3, 0.4) is 0 Å². The summed E-state index contributed by atoms with van der Waals surface area (Å²) in [5, 5.41) is 0. The first-order chi connectivity index (χ1) is 5.84. The van der Waals surface area contributed by atoms with Crippen LogP contribution in [0.4, 0.5) is 0 Å². The minimum absolute atomic E-state index is 1.03. The molecule has 12 heavy (non-hydrogen) atoms. The van der Waals surface area contributed by atoms with Gasteiger partial charge in [0.15, 0.2) is 0 Å². The molecule has 1 rings (SSSR count). The molecule has 1 heterocycles. The van der Waals surface area contributed by atoms with Crippen molar-refractivity contribution in [1.29, 1.82) is 0 Å². The van der Waals surface area contributed by atoms with Gasteiger partial charge in [0.2, 0.25) is 0 Å². The fourth-order valence-electron chi connectivity index (χ4n) is 0.882. The third-order valence-corrected chi connectivity index (χ3v) is 1.54. The third kappa shape index (κ3) is 2.31. The molecule has 0 spiro atoms. The smallest absolute Gasteiger partial charge is 0.0445 e. The van der Waals surface area contributed by atoms with Crippen molar-refractivity contribution < 1.29 is 0 Å². The van der Waals surface area contributed by atoms with E-state index >= 15 is 0 Å². The van der Waals surface area contributed by atoms with Crippen LogP contribution in [0.15, 0.2) is 29.5 Å². The summed E-state index contributed by atoms with van der Waals surface area (Å²) in [6.45, 7) is 3.87. The fraction of sp³-hybridized carbons (Fsp3) is 0.200. The number of hydrogen-bond donors (Lipinski definition) is 0. The van der Waals surface area contributed by atoms with E-state index in [0.29, 0.717) is 0 Å². The molecule has 2 nitrogen and oxygen atoms in total. The number of nitrogens with zero attached hydrogens (tertiary/aromatic N) is 2. The molecule has 0 saturated carbocycles. The Kier molecular flexibility index (Phi) is 3.20. The number of aromatic nitrogens is 1. The summed E-state index contributed by atoms with van der Waals surface area (Å²) in [6, 6.07) is 3.94. The van der Waals surface area contributed by atoms with Gasteiger partial charge in [-0.25, -0.2) is 0 Å². The Morgan fingerprint density at radius 3 is 3.00 bits per heavy atom. The van der Waals surface area contributed by atoms with Gasteiger partial charge < -0.3 is 0 Å². The minimum atomic E-state index is 1.03. The SMILES string of the molecule is CC=N/C=C\c1cccnc1C. The van der Waals surface area contributed by atoms with Crippen molar-refractivity contribution >= 4 is 12.3 Å². The van der Waals surface area contributed by atoms with Crippen molar-refractivity contribution in [2.24, 2.45) is 4.99 Å². The van der Waals surface area contributed by atoms with Crippen LogP contribution < -0.4 is 0 Å². The Labute approximate surface area is 72.7 Å². The average molecular weight is 160 g/mol. The number of hydrogen-bond acceptors (Lipinski definition) is 2. The summed E-state index contributed by atoms with van der Waals surface area (Å²) in [6.07, 6.45) is 7.25. The summed E-state index contributed by atoms with van der Waals surface area (Å²) < 4.78 is 0. The molecule has 2 heteroatoms. The van der Waals surface area contributed by atoms with Gasteiger partial charge in [-0.2, -0.15) is 0 Å². The van der Waals surface area contributed by atoms with Gasteiger partial charge >= 0.3 is 0 Å². The molecule has 0 atom stereocenters. The number of aryl methyl sites for hydroxylation is 1. The standard InChI is InChI=1S/C10H12N2/c1-3-11-8-6-10-5-4-7-12-9(10)2/h3-8H,1-2H3/b8-6-,11-3?. The molecule has 62 valence electrons. The molecule has 1 aromatic heterocycles. The van der Waals surface area contributed by atoms with Gasteiger partial charge in [-0.3, -0.25) is 9.98 Å². The third-order valence-electron chi connectivity index (χ3n) is 1.54. The van der Waals surface area contributed by atoms with Crippen LogP contribution in [-0.2, 0) is 0 Å². The fourth-order valence-corrected chi connectivity index (χ4v) is 0.882. The van der Waals surface area contributed by atoms with Crippen molar-refractivity contribution in [3.05, 3.63) is 35.8 Å². The zero-order chi connectivity index (χ0) is 8.81. The van der Waals surface area contributed by atoms with E-state index < -0.39 is 0 Å². The van der Waals surface area contributed by atoms with Crippen LogP contribution in [0.25, 0.3) is 6.08 Å². The molecule has 0 radical (unpaired) electrons. The van der Waals surface area contributed by atoms with Crippen LogP contribution in [0.1, 0.15) is 18.2 Å². The van der Waals surface area contributed by atoms with Crippen molar-refractivity contribution in [3.63, 3.8) is 0 Å². The highest BCUT2D eigenvalue weighted by atomic mass is 14.7. The second-order valence-electron chi connectivity index (χ2n) is 2.40. The highest BCUT2D eigenvalue weighted by molar-refractivity contribution is 5.57. The van der Waals surface area contributed by atoms with Crippen LogP contribution in [0.2, 0.25) is 0 Å². The first-order valence-corrected chi connectivity index (χ1v) is 3.90. The van der Waals surface area contributed by atoms with Crippen LogP contribution >= 0.6 is 0 Å². The van der Waals surface area contributed by atoms with Gasteiger partial charge in [-0.15, -0.1) is 0 Å². The Balaban J connectivity index is 2.82. The predicted octanol–water partition coefficient (Wildman–Crippen LogP) is 2.45. The lowest BCUT2D eigenvalue weighted by Crippen LogP contribution is -1.82. The van der Waals surface area contributed by atoms with E-state index in [2.05, 4.69) is 9.98 Å². The lowest BCUT2D eigenvalue weighted by Gasteiger charge is -1.95. The van der Waals surface area contributed by atoms with E-state index in [0.717, 1.165) is 11.3 Å². The van der Waals surface area contributed by atoms with E-state index in [1.807, 2.05) is 32.1 Å². The molecule has 0 aliphatic carbocycles. The Bertz CT molecular complexity index is 300. The topological polar surface area (TPSA) is 25.2 Å². The lowest BCUT2D eigenvalue weighted by molar-refractivity contribution is 1.19. The Hall–Kier alpha value is -1.44. The van der Waals surface area contributed by atoms with Crippen molar-refractivity contribution in [2.45, 2.75) is 13.8 Å². The average Bonchev–Trinajstić information content (AvgIpc) is 2.09. The van der Waals surface area contributed by atoms with Gasteiger partial charge in [0.1, 0.15) is 0 Å². The maximum Gasteiger partial charge on any atom is 0.0445 e. The summed E-state index contributed by atoms with van der Waals surface area (Å²) in [5.41, 5.74) is 2.14. The maximum absolute atomic E-state index is 4.15. The number of aliphatic imine (C=N–C) groups is 1. The molecular weight excluding hydrogens is 148 g/mol. The first-order valence-electron chi connectivity index (χ1n) is 3.90. The number of pyridine rings is 1. The molecule has 0 aliphatic rings. The van der Waals surface area contributed by atoms with Gasteiger partial charge in [-0.1, -0.05) is 6.07 Å². The lowest BCUT2D eigenvalue weighted by atomic mass is 10.2. The molecule has 0 bridgehead atoms. The van der Waals surface area contributed by atoms with Gasteiger partial charge in [0.05, 0.1) is 0 Å². The van der Waals surface area contributed by atoms with E-state index in [-0.39, 0.29) is 0 Å². The largest absolute Gasteiger partial charge is 0.269 e. The van der Waals surface area contributed by atoms with Gasteiger partial charge in [-0.05, 0) is 31.6 Å². The van der Waals surface area contributed by atoms with Crippen LogP contribution in [0.5, 0.6) is 0 Å². The molecule has 0 fully saturated rings. The highest BCUT2D eigenvalue weighted by Gasteiger charge is 1.90. The molecule has 0 unspecified atom stereocenters. The molecule has 0 N–H and O–H groups in total. The molecule has 0 aromatic carbocycles. The Morgan fingerprint density at radius 1 is 1.50 bits per heavy atom.